The molecule has 0 radical (unpaired) electrons. The van der Waals surface area contributed by atoms with Crippen LogP contribution in [0.15, 0.2) is 132 Å². The molecule has 2 heterocycles. The fourth-order valence-corrected chi connectivity index (χ4v) is 4.79. The van der Waals surface area contributed by atoms with Gasteiger partial charge in [-0.2, -0.15) is 0 Å². The Morgan fingerprint density at radius 1 is 0.588 bits per heavy atom. The summed E-state index contributed by atoms with van der Waals surface area (Å²) in [5, 5.41) is 2.48. The first-order valence-electron chi connectivity index (χ1n) is 11.6. The van der Waals surface area contributed by atoms with Gasteiger partial charge >= 0.3 is 0 Å². The second-order valence-corrected chi connectivity index (χ2v) is 8.52. The Kier molecular flexibility index (Phi) is 5.04. The van der Waals surface area contributed by atoms with Gasteiger partial charge in [-0.3, -0.25) is 0 Å². The van der Waals surface area contributed by atoms with Crippen molar-refractivity contribution in [3.63, 3.8) is 0 Å². The Morgan fingerprint density at radius 2 is 1.12 bits per heavy atom. The van der Waals surface area contributed by atoms with Crippen molar-refractivity contribution in [2.24, 2.45) is 12.0 Å². The van der Waals surface area contributed by atoms with Gasteiger partial charge in [-0.1, -0.05) is 115 Å². The second kappa shape index (κ2) is 8.49. The molecule has 0 aliphatic carbocycles. The number of benzene rings is 4. The van der Waals surface area contributed by atoms with E-state index in [1.807, 2.05) is 6.07 Å². The second-order valence-electron chi connectivity index (χ2n) is 8.52. The molecule has 0 unspecified atom stereocenters. The molecular formula is C32H24N2. The lowest BCUT2D eigenvalue weighted by Gasteiger charge is -2.08. The van der Waals surface area contributed by atoms with Crippen molar-refractivity contribution in [2.45, 2.75) is 0 Å². The highest BCUT2D eigenvalue weighted by atomic mass is 15.0. The number of hydrogen-bond acceptors (Lipinski definition) is 1. The van der Waals surface area contributed by atoms with Gasteiger partial charge in [-0.15, -0.1) is 0 Å². The molecule has 162 valence electrons. The van der Waals surface area contributed by atoms with Crippen LogP contribution >= 0.6 is 0 Å². The van der Waals surface area contributed by atoms with Crippen molar-refractivity contribution < 1.29 is 0 Å². The van der Waals surface area contributed by atoms with E-state index in [0.29, 0.717) is 0 Å². The van der Waals surface area contributed by atoms with E-state index in [4.69, 9.17) is 4.99 Å². The molecular weight excluding hydrogens is 412 g/mol. The van der Waals surface area contributed by atoms with Crippen molar-refractivity contribution >= 4 is 28.1 Å². The summed E-state index contributed by atoms with van der Waals surface area (Å²) in [5.74, 6) is 0. The Hall–Kier alpha value is -4.43. The van der Waals surface area contributed by atoms with Crippen molar-refractivity contribution in [1.82, 2.24) is 4.57 Å². The number of rotatable bonds is 4. The summed E-state index contributed by atoms with van der Waals surface area (Å²) in [6.45, 7) is 0. The first kappa shape index (κ1) is 20.2. The zero-order valence-corrected chi connectivity index (χ0v) is 19.0. The molecule has 2 nitrogen and oxygen atoms in total. The quantitative estimate of drug-likeness (QED) is 0.274. The molecule has 1 aromatic heterocycles. The topological polar surface area (TPSA) is 17.3 Å². The summed E-state index contributed by atoms with van der Waals surface area (Å²) in [6.07, 6.45) is 4.45. The minimum absolute atomic E-state index is 0.982. The lowest BCUT2D eigenvalue weighted by Crippen LogP contribution is -1.95. The summed E-state index contributed by atoms with van der Waals surface area (Å²) in [6, 6.07) is 40.2. The number of fused-ring (bicyclic) bond motifs is 1. The van der Waals surface area contributed by atoms with Crippen LogP contribution in [0.2, 0.25) is 0 Å². The molecule has 0 saturated heterocycles. The highest BCUT2D eigenvalue weighted by Gasteiger charge is 2.20. The van der Waals surface area contributed by atoms with Gasteiger partial charge in [-0.25, -0.2) is 4.99 Å². The van der Waals surface area contributed by atoms with Gasteiger partial charge < -0.3 is 4.57 Å². The van der Waals surface area contributed by atoms with E-state index >= 15 is 0 Å². The number of aromatic nitrogens is 1. The Balaban J connectivity index is 1.57. The largest absolute Gasteiger partial charge is 0.343 e. The van der Waals surface area contributed by atoms with E-state index in [2.05, 4.69) is 133 Å². The summed E-state index contributed by atoms with van der Waals surface area (Å²) in [5.41, 5.74) is 9.01. The maximum absolute atomic E-state index is 5.11. The van der Waals surface area contributed by atoms with E-state index in [0.717, 1.165) is 28.2 Å². The average Bonchev–Trinajstić information content (AvgIpc) is 3.45. The van der Waals surface area contributed by atoms with Gasteiger partial charge in [0.25, 0.3) is 0 Å². The van der Waals surface area contributed by atoms with Gasteiger partial charge in [0.2, 0.25) is 0 Å². The van der Waals surface area contributed by atoms with Crippen LogP contribution < -0.4 is 0 Å². The minimum Gasteiger partial charge on any atom is -0.343 e. The maximum atomic E-state index is 5.11. The molecule has 1 aliphatic heterocycles. The van der Waals surface area contributed by atoms with Gasteiger partial charge in [0, 0.05) is 29.0 Å². The van der Waals surface area contributed by atoms with Crippen LogP contribution in [0.4, 0.5) is 0 Å². The standard InChI is InChI=1S/C32H24N2/c1-34-31(26-19-11-12-20-27(26)32(34)25-17-9-4-10-18-25)22-30-28(23-13-5-2-6-14-23)21-29(33-30)24-15-7-3-8-16-24/h2-22H,1H3/b30-22-. The molecule has 5 aromatic rings. The van der Waals surface area contributed by atoms with Crippen LogP contribution in [-0.4, -0.2) is 10.3 Å². The third-order valence-electron chi connectivity index (χ3n) is 6.43. The minimum atomic E-state index is 0.982. The molecule has 2 heteroatoms. The van der Waals surface area contributed by atoms with E-state index in [-0.39, 0.29) is 0 Å². The van der Waals surface area contributed by atoms with Crippen molar-refractivity contribution in [2.75, 3.05) is 0 Å². The zero-order valence-electron chi connectivity index (χ0n) is 19.0. The number of nitrogens with zero attached hydrogens (tertiary/aromatic N) is 2. The van der Waals surface area contributed by atoms with Gasteiger partial charge in [0.05, 0.1) is 22.8 Å². The number of allylic oxidation sites excluding steroid dienone is 2. The van der Waals surface area contributed by atoms with Crippen molar-refractivity contribution in [3.05, 3.63) is 144 Å². The predicted molar refractivity (Wildman–Crippen MR) is 144 cm³/mol. The van der Waals surface area contributed by atoms with Crippen LogP contribution in [0, 0.1) is 0 Å². The van der Waals surface area contributed by atoms with Gasteiger partial charge in [-0.05, 0) is 23.3 Å². The molecule has 34 heavy (non-hydrogen) atoms. The lowest BCUT2D eigenvalue weighted by molar-refractivity contribution is 0.929. The van der Waals surface area contributed by atoms with Crippen LogP contribution in [0.3, 0.4) is 0 Å². The maximum Gasteiger partial charge on any atom is 0.0737 e. The molecule has 0 N–H and O–H groups in total. The third kappa shape index (κ3) is 3.50. The first-order chi connectivity index (χ1) is 16.8. The monoisotopic (exact) mass is 436 g/mol. The summed E-state index contributed by atoms with van der Waals surface area (Å²) in [7, 11) is 2.15. The number of hydrogen-bond donors (Lipinski definition) is 0. The van der Waals surface area contributed by atoms with Crippen LogP contribution in [0.1, 0.15) is 16.8 Å². The fourth-order valence-electron chi connectivity index (χ4n) is 4.79. The van der Waals surface area contributed by atoms with E-state index in [1.54, 1.807) is 0 Å². The molecule has 6 rings (SSSR count). The summed E-state index contributed by atoms with van der Waals surface area (Å²) >= 11 is 0. The Morgan fingerprint density at radius 3 is 1.76 bits per heavy atom. The molecule has 0 bridgehead atoms. The highest BCUT2D eigenvalue weighted by Crippen LogP contribution is 2.37. The van der Waals surface area contributed by atoms with E-state index in [9.17, 15) is 0 Å². The fraction of sp³-hybridized carbons (Fsp3) is 0.0312. The lowest BCUT2D eigenvalue weighted by atomic mass is 10.0. The Labute approximate surface area is 199 Å². The normalized spacial score (nSPS) is 14.4. The number of aliphatic imine (C=N–C) groups is 1. The summed E-state index contributed by atoms with van der Waals surface area (Å²) in [4.78, 5) is 5.11. The van der Waals surface area contributed by atoms with E-state index < -0.39 is 0 Å². The van der Waals surface area contributed by atoms with E-state index in [1.165, 1.54) is 27.6 Å². The SMILES string of the molecule is Cn1c(/C=C2\N=C(c3ccccc3)C=C2c2ccccc2)c2ccccc2c1-c1ccccc1. The van der Waals surface area contributed by atoms with Gasteiger partial charge in [0.15, 0.2) is 0 Å². The first-order valence-corrected chi connectivity index (χ1v) is 11.6. The molecule has 0 amide bonds. The third-order valence-corrected chi connectivity index (χ3v) is 6.43. The predicted octanol–water partition coefficient (Wildman–Crippen LogP) is 7.77. The molecule has 0 saturated carbocycles. The van der Waals surface area contributed by atoms with Crippen molar-refractivity contribution in [1.29, 1.82) is 0 Å². The molecule has 0 fully saturated rings. The molecule has 0 atom stereocenters. The van der Waals surface area contributed by atoms with Crippen LogP contribution in [0.25, 0.3) is 33.7 Å². The highest BCUT2D eigenvalue weighted by molar-refractivity contribution is 6.19. The summed E-state index contributed by atoms with van der Waals surface area (Å²) < 4.78 is 2.30. The Bertz CT molecular complexity index is 1570. The molecule has 4 aromatic carbocycles. The van der Waals surface area contributed by atoms with Gasteiger partial charge in [0.1, 0.15) is 0 Å². The van der Waals surface area contributed by atoms with Crippen LogP contribution in [0.5, 0.6) is 0 Å². The molecule has 0 spiro atoms. The average molecular weight is 437 g/mol. The molecule has 1 aliphatic rings. The van der Waals surface area contributed by atoms with Crippen LogP contribution in [-0.2, 0) is 7.05 Å². The van der Waals surface area contributed by atoms with Crippen molar-refractivity contribution in [3.8, 4) is 11.3 Å². The zero-order chi connectivity index (χ0) is 22.9. The smallest absolute Gasteiger partial charge is 0.0737 e.